The minimum Gasteiger partial charge on any atom is -0.457 e. The van der Waals surface area contributed by atoms with E-state index >= 15 is 0 Å². The van der Waals surface area contributed by atoms with E-state index in [4.69, 9.17) is 16.0 Å². The highest BCUT2D eigenvalue weighted by Crippen LogP contribution is 2.35. The Balaban J connectivity index is 1.38. The van der Waals surface area contributed by atoms with Gasteiger partial charge in [0.25, 0.3) is 11.8 Å². The molecule has 180 valence electrons. The first-order valence-electron chi connectivity index (χ1n) is 11.5. The predicted octanol–water partition coefficient (Wildman–Crippen LogP) is 5.40. The average molecular weight is 494 g/mol. The minimum atomic E-state index is -0.421. The lowest BCUT2D eigenvalue weighted by Crippen LogP contribution is -2.44. The van der Waals surface area contributed by atoms with Crippen LogP contribution in [0, 0.1) is 5.82 Å². The second-order valence-corrected chi connectivity index (χ2v) is 9.49. The fourth-order valence-electron chi connectivity index (χ4n) is 4.63. The van der Waals surface area contributed by atoms with Crippen molar-refractivity contribution in [3.8, 4) is 11.3 Å². The van der Waals surface area contributed by atoms with Gasteiger partial charge in [0, 0.05) is 35.9 Å². The molecule has 8 heteroatoms. The monoisotopic (exact) mass is 493 g/mol. The number of hydrogen-bond donors (Lipinski definition) is 1. The Kier molecular flexibility index (Phi) is 6.21. The number of anilines is 1. The number of nitrogens with zero attached hydrogens (tertiary/aromatic N) is 2. The summed E-state index contributed by atoms with van der Waals surface area (Å²) in [5, 5.41) is 3.12. The van der Waals surface area contributed by atoms with Crippen LogP contribution >= 0.6 is 11.6 Å². The summed E-state index contributed by atoms with van der Waals surface area (Å²) >= 11 is 6.40. The first kappa shape index (κ1) is 23.3. The number of furan rings is 1. The van der Waals surface area contributed by atoms with Crippen LogP contribution in [-0.4, -0.2) is 54.8 Å². The molecular formula is C27H25ClFN3O3. The van der Waals surface area contributed by atoms with Crippen LogP contribution in [0.4, 0.5) is 10.1 Å². The van der Waals surface area contributed by atoms with Gasteiger partial charge in [0.2, 0.25) is 0 Å². The van der Waals surface area contributed by atoms with Crippen molar-refractivity contribution in [2.24, 2.45) is 0 Å². The molecule has 1 fully saturated rings. The van der Waals surface area contributed by atoms with Crippen molar-refractivity contribution in [3.63, 3.8) is 0 Å². The van der Waals surface area contributed by atoms with Gasteiger partial charge in [-0.1, -0.05) is 11.6 Å². The van der Waals surface area contributed by atoms with E-state index in [0.717, 1.165) is 12.8 Å². The number of amides is 2. The molecule has 2 aromatic carbocycles. The molecule has 0 saturated carbocycles. The second-order valence-electron chi connectivity index (χ2n) is 9.09. The van der Waals surface area contributed by atoms with Crippen LogP contribution in [0.5, 0.6) is 0 Å². The minimum absolute atomic E-state index is 0.0933. The summed E-state index contributed by atoms with van der Waals surface area (Å²) < 4.78 is 19.7. The van der Waals surface area contributed by atoms with Gasteiger partial charge in [-0.2, -0.15) is 0 Å². The molecule has 1 saturated heterocycles. The smallest absolute Gasteiger partial charge is 0.256 e. The van der Waals surface area contributed by atoms with Crippen LogP contribution < -0.4 is 5.32 Å². The van der Waals surface area contributed by atoms with Crippen molar-refractivity contribution in [1.29, 1.82) is 0 Å². The molecule has 3 aromatic rings. The highest BCUT2D eigenvalue weighted by molar-refractivity contribution is 6.35. The summed E-state index contributed by atoms with van der Waals surface area (Å²) in [6.07, 6.45) is 3.43. The van der Waals surface area contributed by atoms with E-state index in [0.29, 0.717) is 63.6 Å². The molecule has 0 unspecified atom stereocenters. The second kappa shape index (κ2) is 9.32. The zero-order valence-corrected chi connectivity index (χ0v) is 20.2. The number of carbonyl (C=O) groups excluding carboxylic acids is 2. The van der Waals surface area contributed by atoms with Crippen molar-refractivity contribution >= 4 is 40.8 Å². The third-order valence-corrected chi connectivity index (χ3v) is 6.97. The number of nitrogens with one attached hydrogen (secondary N) is 1. The van der Waals surface area contributed by atoms with Crippen LogP contribution in [0.2, 0.25) is 5.02 Å². The summed E-state index contributed by atoms with van der Waals surface area (Å²) in [4.78, 5) is 29.6. The fraction of sp³-hybridized carbons (Fsp3) is 0.259. The van der Waals surface area contributed by atoms with Crippen LogP contribution in [0.25, 0.3) is 23.0 Å². The van der Waals surface area contributed by atoms with Crippen molar-refractivity contribution in [3.05, 3.63) is 76.3 Å². The quantitative estimate of drug-likeness (QED) is 0.494. The van der Waals surface area contributed by atoms with E-state index in [1.54, 1.807) is 36.4 Å². The Labute approximate surface area is 208 Å². The van der Waals surface area contributed by atoms with E-state index in [9.17, 15) is 14.0 Å². The van der Waals surface area contributed by atoms with Crippen molar-refractivity contribution < 1.29 is 18.4 Å². The zero-order valence-electron chi connectivity index (χ0n) is 19.5. The third kappa shape index (κ3) is 4.61. The van der Waals surface area contributed by atoms with Crippen LogP contribution in [0.1, 0.15) is 34.5 Å². The Morgan fingerprint density at radius 2 is 1.91 bits per heavy atom. The maximum Gasteiger partial charge on any atom is 0.256 e. The molecule has 6 nitrogen and oxygen atoms in total. The number of carbonyl (C=O) groups is 2. The molecule has 0 radical (unpaired) electrons. The molecule has 0 atom stereocenters. The largest absolute Gasteiger partial charge is 0.457 e. The Bertz CT molecular complexity index is 1340. The van der Waals surface area contributed by atoms with E-state index in [-0.39, 0.29) is 11.8 Å². The molecule has 0 aliphatic carbocycles. The number of likely N-dealkylation sites (tertiary alicyclic amines) is 1. The fourth-order valence-corrected chi connectivity index (χ4v) is 4.83. The summed E-state index contributed by atoms with van der Waals surface area (Å²) in [6.45, 7) is 1.37. The van der Waals surface area contributed by atoms with Crippen LogP contribution in [-0.2, 0) is 4.79 Å². The normalized spacial score (nSPS) is 17.2. The van der Waals surface area contributed by atoms with Gasteiger partial charge >= 0.3 is 0 Å². The Hall–Kier alpha value is -3.42. The number of hydrogen-bond acceptors (Lipinski definition) is 4. The highest BCUT2D eigenvalue weighted by atomic mass is 35.5. The number of halogens is 2. The molecule has 2 aliphatic heterocycles. The molecule has 1 N–H and O–H groups in total. The summed E-state index contributed by atoms with van der Waals surface area (Å²) in [5.41, 5.74) is 2.51. The third-order valence-electron chi connectivity index (χ3n) is 6.64. The highest BCUT2D eigenvalue weighted by Gasteiger charge is 2.27. The molecule has 5 rings (SSSR count). The molecule has 35 heavy (non-hydrogen) atoms. The van der Waals surface area contributed by atoms with Gasteiger partial charge < -0.3 is 19.5 Å². The lowest BCUT2D eigenvalue weighted by molar-refractivity contribution is -0.110. The molecule has 3 heterocycles. The Morgan fingerprint density at radius 1 is 1.14 bits per heavy atom. The lowest BCUT2D eigenvalue weighted by Gasteiger charge is -2.35. The van der Waals surface area contributed by atoms with E-state index in [1.165, 1.54) is 18.2 Å². The topological polar surface area (TPSA) is 65.8 Å². The first-order chi connectivity index (χ1) is 16.8. The maximum absolute atomic E-state index is 13.7. The molecule has 2 aliphatic rings. The van der Waals surface area contributed by atoms with Gasteiger partial charge in [0.1, 0.15) is 17.3 Å². The van der Waals surface area contributed by atoms with Crippen LogP contribution in [0.15, 0.2) is 52.9 Å². The number of piperidine rings is 1. The number of fused-ring (bicyclic) bond motifs is 1. The maximum atomic E-state index is 13.7. The van der Waals surface area contributed by atoms with Crippen molar-refractivity contribution in [1.82, 2.24) is 9.80 Å². The molecule has 2 amide bonds. The SMILES string of the molecule is CN(C)C1CCN(C(=O)c2cc(-c3ccc(/C=C4/C(=O)Nc5ccc(F)cc54)o3)ccc2Cl)CC1. The molecule has 1 aromatic heterocycles. The lowest BCUT2D eigenvalue weighted by atomic mass is 10.0. The van der Waals surface area contributed by atoms with E-state index in [1.807, 2.05) is 4.90 Å². The summed E-state index contributed by atoms with van der Waals surface area (Å²) in [7, 11) is 4.12. The van der Waals surface area contributed by atoms with Gasteiger partial charge in [0.15, 0.2) is 0 Å². The number of benzene rings is 2. The predicted molar refractivity (Wildman–Crippen MR) is 135 cm³/mol. The van der Waals surface area contributed by atoms with E-state index in [2.05, 4.69) is 24.3 Å². The summed E-state index contributed by atoms with van der Waals surface area (Å²) in [5.74, 6) is 0.142. The van der Waals surface area contributed by atoms with Crippen molar-refractivity contribution in [2.75, 3.05) is 32.5 Å². The molecule has 0 spiro atoms. The van der Waals surface area contributed by atoms with Gasteiger partial charge in [-0.3, -0.25) is 9.59 Å². The molecular weight excluding hydrogens is 469 g/mol. The first-order valence-corrected chi connectivity index (χ1v) is 11.9. The van der Waals surface area contributed by atoms with Crippen molar-refractivity contribution in [2.45, 2.75) is 18.9 Å². The van der Waals surface area contributed by atoms with Gasteiger partial charge in [0.05, 0.1) is 16.2 Å². The zero-order chi connectivity index (χ0) is 24.7. The average Bonchev–Trinajstić information content (AvgIpc) is 3.44. The van der Waals surface area contributed by atoms with Gasteiger partial charge in [-0.05, 0) is 81.5 Å². The van der Waals surface area contributed by atoms with Crippen LogP contribution in [0.3, 0.4) is 0 Å². The molecule has 0 bridgehead atoms. The number of rotatable bonds is 4. The standard InChI is InChI=1S/C27H25ClFN3O3/c1-31(2)18-9-11-32(12-10-18)27(34)22-13-16(3-6-23(22)28)25-8-5-19(35-25)15-21-20-14-17(29)4-7-24(20)30-26(21)33/h3-8,13-15,18H,9-12H2,1-2H3,(H,30,33)/b21-15+. The van der Waals surface area contributed by atoms with Gasteiger partial charge in [-0.15, -0.1) is 0 Å². The van der Waals surface area contributed by atoms with E-state index < -0.39 is 5.82 Å². The van der Waals surface area contributed by atoms with Gasteiger partial charge in [-0.25, -0.2) is 4.39 Å². The summed E-state index contributed by atoms with van der Waals surface area (Å²) in [6, 6.07) is 13.4. The Morgan fingerprint density at radius 3 is 2.66 bits per heavy atom.